The smallest absolute Gasteiger partial charge is 0.274 e. The lowest BCUT2D eigenvalue weighted by Gasteiger charge is -2.34. The van der Waals surface area contributed by atoms with Gasteiger partial charge in [-0.2, -0.15) is 5.10 Å². The van der Waals surface area contributed by atoms with Crippen molar-refractivity contribution in [3.05, 3.63) is 63.6 Å². The number of hydrogen-bond acceptors (Lipinski definition) is 4. The fourth-order valence-electron chi connectivity index (χ4n) is 2.89. The summed E-state index contributed by atoms with van der Waals surface area (Å²) >= 11 is 0. The maximum absolute atomic E-state index is 12.4. The highest BCUT2D eigenvalue weighted by Crippen LogP contribution is 2.10. The van der Waals surface area contributed by atoms with Crippen molar-refractivity contribution in [2.24, 2.45) is 0 Å². The average molecular weight is 340 g/mol. The largest absolute Gasteiger partial charge is 0.339 e. The minimum absolute atomic E-state index is 0.0693. The maximum atomic E-state index is 12.4. The van der Waals surface area contributed by atoms with Gasteiger partial charge in [0.1, 0.15) is 5.69 Å². The summed E-state index contributed by atoms with van der Waals surface area (Å²) < 4.78 is 0. The first-order valence-corrected chi connectivity index (χ1v) is 8.21. The predicted molar refractivity (Wildman–Crippen MR) is 92.2 cm³/mol. The third-order valence-corrected chi connectivity index (χ3v) is 4.26. The van der Waals surface area contributed by atoms with Crippen molar-refractivity contribution in [3.8, 4) is 0 Å². The zero-order valence-electron chi connectivity index (χ0n) is 14.1. The van der Waals surface area contributed by atoms with Crippen LogP contribution in [0.3, 0.4) is 0 Å². The van der Waals surface area contributed by atoms with E-state index >= 15 is 0 Å². The van der Waals surface area contributed by atoms with Gasteiger partial charge in [0.25, 0.3) is 11.5 Å². The first-order chi connectivity index (χ1) is 12.0. The van der Waals surface area contributed by atoms with Crippen molar-refractivity contribution in [1.82, 2.24) is 20.0 Å². The number of amides is 2. The topological polar surface area (TPSA) is 86.4 Å². The Morgan fingerprint density at radius 1 is 1.08 bits per heavy atom. The number of benzene rings is 1. The van der Waals surface area contributed by atoms with E-state index in [-0.39, 0.29) is 23.1 Å². The van der Waals surface area contributed by atoms with E-state index in [2.05, 4.69) is 10.2 Å². The highest BCUT2D eigenvalue weighted by atomic mass is 16.2. The normalized spacial score (nSPS) is 14.4. The molecule has 0 saturated carbocycles. The monoisotopic (exact) mass is 340 g/mol. The molecule has 1 aromatic heterocycles. The van der Waals surface area contributed by atoms with Gasteiger partial charge in [-0.05, 0) is 18.6 Å². The third-order valence-electron chi connectivity index (χ3n) is 4.26. The molecule has 7 nitrogen and oxygen atoms in total. The molecule has 1 saturated heterocycles. The Morgan fingerprint density at radius 3 is 2.44 bits per heavy atom. The molecule has 1 aliphatic heterocycles. The van der Waals surface area contributed by atoms with Crippen LogP contribution in [0.2, 0.25) is 0 Å². The number of aryl methyl sites for hydroxylation is 1. The van der Waals surface area contributed by atoms with E-state index in [9.17, 15) is 14.4 Å². The molecule has 7 heteroatoms. The Hall–Kier alpha value is -2.96. The van der Waals surface area contributed by atoms with E-state index in [1.165, 1.54) is 12.1 Å². The molecule has 2 heterocycles. The number of aromatic nitrogens is 2. The van der Waals surface area contributed by atoms with Crippen molar-refractivity contribution >= 4 is 11.8 Å². The third kappa shape index (κ3) is 4.12. The molecule has 1 fully saturated rings. The van der Waals surface area contributed by atoms with E-state index in [1.54, 1.807) is 9.80 Å². The summed E-state index contributed by atoms with van der Waals surface area (Å²) in [5.74, 6) is -0.165. The van der Waals surface area contributed by atoms with Crippen LogP contribution >= 0.6 is 0 Å². The van der Waals surface area contributed by atoms with Crippen molar-refractivity contribution in [3.63, 3.8) is 0 Å². The van der Waals surface area contributed by atoms with Gasteiger partial charge in [-0.25, -0.2) is 5.10 Å². The number of carbonyl (C=O) groups is 2. The number of piperazine rings is 1. The second kappa shape index (κ2) is 7.29. The number of H-pyrrole nitrogens is 1. The number of aromatic amines is 1. The van der Waals surface area contributed by atoms with Gasteiger partial charge in [0.15, 0.2) is 0 Å². The second-order valence-electron chi connectivity index (χ2n) is 6.15. The Morgan fingerprint density at radius 2 is 1.80 bits per heavy atom. The number of carbonyl (C=O) groups excluding carboxylic acids is 2. The molecular formula is C18H20N4O3. The first-order valence-electron chi connectivity index (χ1n) is 8.21. The van der Waals surface area contributed by atoms with Crippen LogP contribution in [0.25, 0.3) is 0 Å². The number of nitrogens with zero attached hydrogens (tertiary/aromatic N) is 3. The molecule has 0 aliphatic carbocycles. The van der Waals surface area contributed by atoms with E-state index < -0.39 is 0 Å². The zero-order valence-corrected chi connectivity index (χ0v) is 14.1. The van der Waals surface area contributed by atoms with Gasteiger partial charge in [0, 0.05) is 32.2 Å². The fourth-order valence-corrected chi connectivity index (χ4v) is 2.89. The Balaban J connectivity index is 1.56. The molecule has 1 aliphatic rings. The lowest BCUT2D eigenvalue weighted by molar-refractivity contribution is -0.131. The van der Waals surface area contributed by atoms with Crippen LogP contribution in [0.15, 0.2) is 41.2 Å². The molecule has 2 amide bonds. The summed E-state index contributed by atoms with van der Waals surface area (Å²) in [6.45, 7) is 3.92. The van der Waals surface area contributed by atoms with Crippen molar-refractivity contribution in [2.75, 3.05) is 26.2 Å². The fraction of sp³-hybridized carbons (Fsp3) is 0.333. The number of hydrogen-bond donors (Lipinski definition) is 1. The summed E-state index contributed by atoms with van der Waals surface area (Å²) in [5, 5.41) is 6.02. The van der Waals surface area contributed by atoms with Gasteiger partial charge in [0.2, 0.25) is 5.91 Å². The molecule has 1 N–H and O–H groups in total. The summed E-state index contributed by atoms with van der Waals surface area (Å²) in [6, 6.07) is 10.6. The molecule has 3 rings (SSSR count). The summed E-state index contributed by atoms with van der Waals surface area (Å²) in [4.78, 5) is 39.2. The SMILES string of the molecule is Cc1cccc(CC(=O)N2CCN(C(=O)c3ccc(=O)[nH]n3)CC2)c1. The molecule has 0 unspecified atom stereocenters. The van der Waals surface area contributed by atoms with Crippen LogP contribution in [-0.2, 0) is 11.2 Å². The highest BCUT2D eigenvalue weighted by molar-refractivity contribution is 5.92. The number of rotatable bonds is 3. The highest BCUT2D eigenvalue weighted by Gasteiger charge is 2.25. The van der Waals surface area contributed by atoms with Crippen molar-refractivity contribution in [1.29, 1.82) is 0 Å². The van der Waals surface area contributed by atoms with Crippen LogP contribution in [0.4, 0.5) is 0 Å². The molecule has 0 radical (unpaired) electrons. The van der Waals surface area contributed by atoms with Crippen molar-refractivity contribution < 1.29 is 9.59 Å². The lowest BCUT2D eigenvalue weighted by Crippen LogP contribution is -2.51. The van der Waals surface area contributed by atoms with Gasteiger partial charge in [-0.1, -0.05) is 29.8 Å². The lowest BCUT2D eigenvalue weighted by atomic mass is 10.1. The van der Waals surface area contributed by atoms with Gasteiger partial charge < -0.3 is 9.80 Å². The molecule has 130 valence electrons. The Labute approximate surface area is 145 Å². The van der Waals surface area contributed by atoms with Gasteiger partial charge in [0.05, 0.1) is 6.42 Å². The van der Waals surface area contributed by atoms with Crippen LogP contribution < -0.4 is 5.56 Å². The minimum atomic E-state index is -0.344. The van der Waals surface area contributed by atoms with E-state index in [1.807, 2.05) is 31.2 Å². The molecule has 25 heavy (non-hydrogen) atoms. The van der Waals surface area contributed by atoms with E-state index in [0.29, 0.717) is 32.6 Å². The van der Waals surface area contributed by atoms with Gasteiger partial charge in [-0.15, -0.1) is 0 Å². The molecule has 0 spiro atoms. The van der Waals surface area contributed by atoms with E-state index in [0.717, 1.165) is 11.1 Å². The van der Waals surface area contributed by atoms with E-state index in [4.69, 9.17) is 0 Å². The van der Waals surface area contributed by atoms with Crippen LogP contribution in [0, 0.1) is 6.92 Å². The maximum Gasteiger partial charge on any atom is 0.274 e. The predicted octanol–water partition coefficient (Wildman–Crippen LogP) is 0.605. The number of nitrogens with one attached hydrogen (secondary N) is 1. The van der Waals surface area contributed by atoms with Gasteiger partial charge in [-0.3, -0.25) is 14.4 Å². The quantitative estimate of drug-likeness (QED) is 0.887. The van der Waals surface area contributed by atoms with Crippen LogP contribution in [-0.4, -0.2) is 58.0 Å². The molecule has 0 atom stereocenters. The second-order valence-corrected chi connectivity index (χ2v) is 6.15. The van der Waals surface area contributed by atoms with Crippen LogP contribution in [0.5, 0.6) is 0 Å². The summed E-state index contributed by atoms with van der Waals surface area (Å²) in [5.41, 5.74) is 2.00. The standard InChI is InChI=1S/C18H20N4O3/c1-13-3-2-4-14(11-13)12-17(24)21-7-9-22(10-8-21)18(25)15-5-6-16(23)20-19-15/h2-6,11H,7-10,12H2,1H3,(H,20,23). The first kappa shape index (κ1) is 16.9. The Kier molecular flexibility index (Phi) is 4.92. The van der Waals surface area contributed by atoms with Crippen LogP contribution in [0.1, 0.15) is 21.6 Å². The average Bonchev–Trinajstić information content (AvgIpc) is 2.62. The summed E-state index contributed by atoms with van der Waals surface area (Å²) in [6.07, 6.45) is 0.372. The molecule has 1 aromatic carbocycles. The minimum Gasteiger partial charge on any atom is -0.339 e. The molecule has 0 bridgehead atoms. The summed E-state index contributed by atoms with van der Waals surface area (Å²) in [7, 11) is 0. The Bertz CT molecular complexity index is 818. The zero-order chi connectivity index (χ0) is 17.8. The molecule has 2 aromatic rings. The van der Waals surface area contributed by atoms with Gasteiger partial charge >= 0.3 is 0 Å². The van der Waals surface area contributed by atoms with Crippen molar-refractivity contribution in [2.45, 2.75) is 13.3 Å². The molecular weight excluding hydrogens is 320 g/mol.